The predicted octanol–water partition coefficient (Wildman–Crippen LogP) is 4.11. The smallest absolute Gasteiger partial charge is 0.303 e. The number of aliphatic carboxylic acids is 1. The van der Waals surface area contributed by atoms with Crippen molar-refractivity contribution >= 4 is 11.9 Å². The fourth-order valence-electron chi connectivity index (χ4n) is 1.35. The zero-order chi connectivity index (χ0) is 15.6. The molecule has 116 valence electrons. The van der Waals surface area contributed by atoms with Gasteiger partial charge in [-0.3, -0.25) is 9.59 Å². The lowest BCUT2D eigenvalue weighted by Crippen LogP contribution is -1.99. The SMILES string of the molecule is C=CCCCCCC(=O)O.C=CCCCCOC(C)=O. The second-order valence-electron chi connectivity index (χ2n) is 4.41. The van der Waals surface area contributed by atoms with Gasteiger partial charge in [0.2, 0.25) is 0 Å². The standard InChI is InChI=1S/2C8H14O2/c1-3-4-5-6-7-10-8(2)9;1-2-3-4-5-6-7-8(9)10/h3H,1,4-7H2,2H3;2H,1,3-7H2,(H,9,10). The summed E-state index contributed by atoms with van der Waals surface area (Å²) in [6, 6.07) is 0. The highest BCUT2D eigenvalue weighted by molar-refractivity contribution is 5.66. The Morgan fingerprint density at radius 2 is 1.55 bits per heavy atom. The molecule has 1 N–H and O–H groups in total. The molecular weight excluding hydrogens is 256 g/mol. The minimum atomic E-state index is -0.696. The summed E-state index contributed by atoms with van der Waals surface area (Å²) in [6.07, 6.45) is 10.9. The van der Waals surface area contributed by atoms with Gasteiger partial charge in [0.05, 0.1) is 6.61 Å². The normalized spacial score (nSPS) is 9.05. The van der Waals surface area contributed by atoms with Crippen LogP contribution in [-0.4, -0.2) is 23.7 Å². The molecule has 0 aromatic carbocycles. The van der Waals surface area contributed by atoms with Gasteiger partial charge >= 0.3 is 11.9 Å². The monoisotopic (exact) mass is 284 g/mol. The summed E-state index contributed by atoms with van der Waals surface area (Å²) in [6.45, 7) is 9.13. The highest BCUT2D eigenvalue weighted by Crippen LogP contribution is 2.02. The Morgan fingerprint density at radius 3 is 2.00 bits per heavy atom. The van der Waals surface area contributed by atoms with Crippen molar-refractivity contribution < 1.29 is 19.4 Å². The lowest BCUT2D eigenvalue weighted by molar-refractivity contribution is -0.141. The highest BCUT2D eigenvalue weighted by atomic mass is 16.5. The summed E-state index contributed by atoms with van der Waals surface area (Å²) in [7, 11) is 0. The van der Waals surface area contributed by atoms with Gasteiger partial charge in [-0.05, 0) is 38.5 Å². The van der Waals surface area contributed by atoms with Crippen molar-refractivity contribution in [3.63, 3.8) is 0 Å². The average molecular weight is 284 g/mol. The van der Waals surface area contributed by atoms with Gasteiger partial charge in [0.15, 0.2) is 0 Å². The van der Waals surface area contributed by atoms with Crippen LogP contribution in [0.15, 0.2) is 25.3 Å². The van der Waals surface area contributed by atoms with Gasteiger partial charge in [-0.15, -0.1) is 13.2 Å². The summed E-state index contributed by atoms with van der Waals surface area (Å²) in [5.41, 5.74) is 0. The molecule has 0 atom stereocenters. The Hall–Kier alpha value is -1.58. The van der Waals surface area contributed by atoms with Crippen LogP contribution in [0.4, 0.5) is 0 Å². The van der Waals surface area contributed by atoms with Crippen molar-refractivity contribution in [3.05, 3.63) is 25.3 Å². The summed E-state index contributed by atoms with van der Waals surface area (Å²) < 4.78 is 4.72. The molecule has 0 radical (unpaired) electrons. The van der Waals surface area contributed by atoms with Crippen molar-refractivity contribution in [2.24, 2.45) is 0 Å². The Morgan fingerprint density at radius 1 is 1.00 bits per heavy atom. The predicted molar refractivity (Wildman–Crippen MR) is 81.6 cm³/mol. The summed E-state index contributed by atoms with van der Waals surface area (Å²) in [4.78, 5) is 20.2. The number of allylic oxidation sites excluding steroid dienone is 2. The molecule has 0 aromatic heterocycles. The summed E-state index contributed by atoms with van der Waals surface area (Å²) in [5, 5.41) is 8.25. The quantitative estimate of drug-likeness (QED) is 0.352. The molecule has 0 fully saturated rings. The van der Waals surface area contributed by atoms with E-state index in [1.54, 1.807) is 0 Å². The van der Waals surface area contributed by atoms with E-state index < -0.39 is 5.97 Å². The van der Waals surface area contributed by atoms with Crippen LogP contribution in [0.25, 0.3) is 0 Å². The first-order valence-electron chi connectivity index (χ1n) is 7.11. The van der Waals surface area contributed by atoms with Crippen molar-refractivity contribution in [2.75, 3.05) is 6.61 Å². The number of unbranched alkanes of at least 4 members (excludes halogenated alkanes) is 5. The topological polar surface area (TPSA) is 63.6 Å². The molecule has 0 saturated heterocycles. The number of carbonyl (C=O) groups excluding carboxylic acids is 1. The largest absolute Gasteiger partial charge is 0.481 e. The van der Waals surface area contributed by atoms with Crippen LogP contribution in [0.1, 0.15) is 58.3 Å². The number of rotatable bonds is 11. The zero-order valence-electron chi connectivity index (χ0n) is 12.6. The Labute approximate surface area is 122 Å². The van der Waals surface area contributed by atoms with Crippen molar-refractivity contribution in [3.8, 4) is 0 Å². The third-order valence-corrected chi connectivity index (χ3v) is 2.41. The van der Waals surface area contributed by atoms with Gasteiger partial charge in [0, 0.05) is 13.3 Å². The van der Waals surface area contributed by atoms with Crippen LogP contribution in [0.2, 0.25) is 0 Å². The first kappa shape index (κ1) is 20.7. The summed E-state index contributed by atoms with van der Waals surface area (Å²) >= 11 is 0. The molecular formula is C16H28O4. The van der Waals surface area contributed by atoms with Gasteiger partial charge in [0.25, 0.3) is 0 Å². The van der Waals surface area contributed by atoms with Crippen molar-refractivity contribution in [1.82, 2.24) is 0 Å². The number of carboxylic acids is 1. The molecule has 0 amide bonds. The zero-order valence-corrected chi connectivity index (χ0v) is 12.6. The molecule has 0 rings (SSSR count). The van der Waals surface area contributed by atoms with Crippen molar-refractivity contribution in [2.45, 2.75) is 58.3 Å². The van der Waals surface area contributed by atoms with E-state index in [-0.39, 0.29) is 5.97 Å². The number of carboxylic acid groups (broad SMARTS) is 1. The first-order chi connectivity index (χ1) is 9.54. The number of ether oxygens (including phenoxy) is 1. The van der Waals surface area contributed by atoms with E-state index in [1.807, 2.05) is 12.2 Å². The maximum atomic E-state index is 10.2. The molecule has 4 heteroatoms. The number of hydrogen-bond acceptors (Lipinski definition) is 3. The molecule has 0 heterocycles. The van der Waals surface area contributed by atoms with Crippen LogP contribution < -0.4 is 0 Å². The lowest BCUT2D eigenvalue weighted by atomic mass is 10.1. The Balaban J connectivity index is 0. The molecule has 0 unspecified atom stereocenters. The van der Waals surface area contributed by atoms with Gasteiger partial charge in [-0.25, -0.2) is 0 Å². The molecule has 0 aliphatic carbocycles. The van der Waals surface area contributed by atoms with Gasteiger partial charge in [-0.2, -0.15) is 0 Å². The van der Waals surface area contributed by atoms with E-state index in [0.717, 1.165) is 44.9 Å². The van der Waals surface area contributed by atoms with E-state index in [4.69, 9.17) is 9.84 Å². The third kappa shape index (κ3) is 25.3. The Kier molecular flexibility index (Phi) is 18.1. The van der Waals surface area contributed by atoms with Crippen molar-refractivity contribution in [1.29, 1.82) is 0 Å². The number of hydrogen-bond donors (Lipinski definition) is 1. The molecule has 0 saturated carbocycles. The van der Waals surface area contributed by atoms with Crippen LogP contribution in [0.5, 0.6) is 0 Å². The molecule has 0 aromatic rings. The van der Waals surface area contributed by atoms with E-state index >= 15 is 0 Å². The van der Waals surface area contributed by atoms with Gasteiger partial charge in [-0.1, -0.05) is 18.6 Å². The molecule has 0 bridgehead atoms. The lowest BCUT2D eigenvalue weighted by Gasteiger charge is -1.98. The average Bonchev–Trinajstić information content (AvgIpc) is 2.38. The maximum Gasteiger partial charge on any atom is 0.303 e. The minimum absolute atomic E-state index is 0.196. The van der Waals surface area contributed by atoms with E-state index in [1.165, 1.54) is 6.92 Å². The van der Waals surface area contributed by atoms with Crippen LogP contribution in [0.3, 0.4) is 0 Å². The fourth-order valence-corrected chi connectivity index (χ4v) is 1.35. The summed E-state index contributed by atoms with van der Waals surface area (Å²) in [5.74, 6) is -0.891. The van der Waals surface area contributed by atoms with Crippen LogP contribution in [0, 0.1) is 0 Å². The van der Waals surface area contributed by atoms with Gasteiger partial charge < -0.3 is 9.84 Å². The van der Waals surface area contributed by atoms with Crippen LogP contribution in [-0.2, 0) is 14.3 Å². The van der Waals surface area contributed by atoms with Crippen LogP contribution >= 0.6 is 0 Å². The number of esters is 1. The maximum absolute atomic E-state index is 10.2. The third-order valence-electron chi connectivity index (χ3n) is 2.41. The number of carbonyl (C=O) groups is 2. The van der Waals surface area contributed by atoms with Gasteiger partial charge in [0.1, 0.15) is 0 Å². The molecule has 20 heavy (non-hydrogen) atoms. The highest BCUT2D eigenvalue weighted by Gasteiger charge is 1.94. The van der Waals surface area contributed by atoms with E-state index in [0.29, 0.717) is 13.0 Å². The molecule has 4 nitrogen and oxygen atoms in total. The molecule has 0 aliphatic rings. The van der Waals surface area contributed by atoms with E-state index in [2.05, 4.69) is 13.2 Å². The first-order valence-corrected chi connectivity index (χ1v) is 7.11. The Bertz CT molecular complexity index is 244. The fraction of sp³-hybridized carbons (Fsp3) is 0.625. The molecule has 0 spiro atoms. The second kappa shape index (κ2) is 17.4. The second-order valence-corrected chi connectivity index (χ2v) is 4.41. The van der Waals surface area contributed by atoms with E-state index in [9.17, 15) is 9.59 Å². The minimum Gasteiger partial charge on any atom is -0.481 e. The molecule has 0 aliphatic heterocycles.